The van der Waals surface area contributed by atoms with Gasteiger partial charge in [-0.15, -0.1) is 5.10 Å². The van der Waals surface area contributed by atoms with Gasteiger partial charge in [0, 0.05) is 13.1 Å². The van der Waals surface area contributed by atoms with Crippen LogP contribution in [-0.4, -0.2) is 36.3 Å². The molecule has 3 aromatic rings. The van der Waals surface area contributed by atoms with Crippen LogP contribution in [0, 0.1) is 6.92 Å². The second kappa shape index (κ2) is 6.11. The van der Waals surface area contributed by atoms with Crippen molar-refractivity contribution in [2.75, 3.05) is 7.05 Å². The first-order valence-electron chi connectivity index (χ1n) is 6.62. The number of rotatable bonds is 5. The summed E-state index contributed by atoms with van der Waals surface area (Å²) in [4.78, 5) is 7.43. The molecule has 0 saturated heterocycles. The number of hydrogen-bond donors (Lipinski definition) is 0. The van der Waals surface area contributed by atoms with Crippen molar-refractivity contribution in [3.05, 3.63) is 53.1 Å². The van der Waals surface area contributed by atoms with Crippen molar-refractivity contribution >= 4 is 11.5 Å². The molecule has 0 aliphatic heterocycles. The Morgan fingerprint density at radius 1 is 1.19 bits per heavy atom. The predicted octanol–water partition coefficient (Wildman–Crippen LogP) is 2.06. The standard InChI is InChI=1S/C14H16N6S/c1-11-14(21-18-17-11)8-19(2)7-12-3-5-13(6-4-12)20-10-15-9-16-20/h3-6,9-10H,7-8H2,1-2H3. The Morgan fingerprint density at radius 2 is 2.00 bits per heavy atom. The van der Waals surface area contributed by atoms with Crippen LogP contribution in [0.1, 0.15) is 16.1 Å². The molecule has 0 radical (unpaired) electrons. The summed E-state index contributed by atoms with van der Waals surface area (Å²) in [6.07, 6.45) is 3.23. The third-order valence-electron chi connectivity index (χ3n) is 3.23. The Bertz CT molecular complexity index is 689. The molecule has 0 atom stereocenters. The van der Waals surface area contributed by atoms with Gasteiger partial charge in [0.05, 0.1) is 16.3 Å². The molecular formula is C14H16N6S. The van der Waals surface area contributed by atoms with Crippen LogP contribution in [0.3, 0.4) is 0 Å². The smallest absolute Gasteiger partial charge is 0.138 e. The normalized spacial score (nSPS) is 11.2. The molecular weight excluding hydrogens is 284 g/mol. The molecule has 7 heteroatoms. The van der Waals surface area contributed by atoms with E-state index in [1.54, 1.807) is 11.0 Å². The average molecular weight is 300 g/mol. The van der Waals surface area contributed by atoms with Crippen LogP contribution in [0.25, 0.3) is 5.69 Å². The van der Waals surface area contributed by atoms with E-state index < -0.39 is 0 Å². The molecule has 3 rings (SSSR count). The summed E-state index contributed by atoms with van der Waals surface area (Å²) in [5.41, 5.74) is 3.30. The molecule has 2 heterocycles. The molecule has 108 valence electrons. The molecule has 0 fully saturated rings. The van der Waals surface area contributed by atoms with Crippen molar-refractivity contribution in [1.29, 1.82) is 0 Å². The maximum atomic E-state index is 4.12. The largest absolute Gasteiger partial charge is 0.297 e. The number of aromatic nitrogens is 5. The fourth-order valence-corrected chi connectivity index (χ4v) is 2.82. The molecule has 0 saturated carbocycles. The second-order valence-electron chi connectivity index (χ2n) is 4.96. The molecule has 0 spiro atoms. The molecule has 1 aromatic carbocycles. The first-order chi connectivity index (χ1) is 10.2. The predicted molar refractivity (Wildman–Crippen MR) is 81.2 cm³/mol. The van der Waals surface area contributed by atoms with Crippen LogP contribution in [0.15, 0.2) is 36.9 Å². The van der Waals surface area contributed by atoms with E-state index in [0.717, 1.165) is 24.5 Å². The van der Waals surface area contributed by atoms with E-state index in [2.05, 4.69) is 55.9 Å². The van der Waals surface area contributed by atoms with E-state index in [0.29, 0.717) is 0 Å². The third-order valence-corrected chi connectivity index (χ3v) is 4.04. The highest BCUT2D eigenvalue weighted by molar-refractivity contribution is 7.05. The van der Waals surface area contributed by atoms with Gasteiger partial charge in [-0.3, -0.25) is 4.90 Å². The molecule has 0 unspecified atom stereocenters. The van der Waals surface area contributed by atoms with Gasteiger partial charge in [0.1, 0.15) is 12.7 Å². The van der Waals surface area contributed by atoms with Crippen LogP contribution in [0.2, 0.25) is 0 Å². The van der Waals surface area contributed by atoms with Crippen LogP contribution < -0.4 is 0 Å². The summed E-state index contributed by atoms with van der Waals surface area (Å²) in [6, 6.07) is 8.34. The Balaban J connectivity index is 1.64. The molecule has 0 aliphatic carbocycles. The van der Waals surface area contributed by atoms with E-state index in [-0.39, 0.29) is 0 Å². The molecule has 2 aromatic heterocycles. The van der Waals surface area contributed by atoms with E-state index in [9.17, 15) is 0 Å². The minimum atomic E-state index is 0.869. The fourth-order valence-electron chi connectivity index (χ4n) is 2.10. The molecule has 0 aliphatic rings. The third kappa shape index (κ3) is 3.32. The summed E-state index contributed by atoms with van der Waals surface area (Å²) in [6.45, 7) is 3.75. The number of benzene rings is 1. The maximum Gasteiger partial charge on any atom is 0.138 e. The van der Waals surface area contributed by atoms with E-state index in [4.69, 9.17) is 0 Å². The highest BCUT2D eigenvalue weighted by Crippen LogP contribution is 2.14. The van der Waals surface area contributed by atoms with Crippen LogP contribution >= 0.6 is 11.5 Å². The van der Waals surface area contributed by atoms with Crippen LogP contribution in [0.4, 0.5) is 0 Å². The Morgan fingerprint density at radius 3 is 2.62 bits per heavy atom. The van der Waals surface area contributed by atoms with Crippen molar-refractivity contribution in [2.45, 2.75) is 20.0 Å². The number of aryl methyl sites for hydroxylation is 1. The molecule has 0 amide bonds. The van der Waals surface area contributed by atoms with E-state index in [1.807, 2.05) is 6.92 Å². The highest BCUT2D eigenvalue weighted by atomic mass is 32.1. The zero-order chi connectivity index (χ0) is 14.7. The first-order valence-corrected chi connectivity index (χ1v) is 7.40. The molecule has 0 N–H and O–H groups in total. The van der Waals surface area contributed by atoms with Crippen LogP contribution in [0.5, 0.6) is 0 Å². The quantitative estimate of drug-likeness (QED) is 0.722. The van der Waals surface area contributed by atoms with Crippen LogP contribution in [-0.2, 0) is 13.1 Å². The minimum Gasteiger partial charge on any atom is -0.297 e. The van der Waals surface area contributed by atoms with Gasteiger partial charge in [-0.05, 0) is 43.2 Å². The van der Waals surface area contributed by atoms with Gasteiger partial charge in [0.15, 0.2) is 0 Å². The molecule has 6 nitrogen and oxygen atoms in total. The van der Waals surface area contributed by atoms with Gasteiger partial charge < -0.3 is 0 Å². The first kappa shape index (κ1) is 13.8. The lowest BCUT2D eigenvalue weighted by Gasteiger charge is -2.16. The Labute approximate surface area is 127 Å². The summed E-state index contributed by atoms with van der Waals surface area (Å²) in [5, 5.41) is 8.16. The lowest BCUT2D eigenvalue weighted by molar-refractivity contribution is 0.321. The van der Waals surface area contributed by atoms with Gasteiger partial charge in [-0.2, -0.15) is 5.10 Å². The SMILES string of the molecule is Cc1nnsc1CN(C)Cc1ccc(-n2cncn2)cc1. The van der Waals surface area contributed by atoms with Crippen molar-refractivity contribution in [1.82, 2.24) is 29.3 Å². The summed E-state index contributed by atoms with van der Waals surface area (Å²) in [5.74, 6) is 0. The minimum absolute atomic E-state index is 0.869. The van der Waals surface area contributed by atoms with Gasteiger partial charge in [-0.1, -0.05) is 16.6 Å². The zero-order valence-corrected chi connectivity index (χ0v) is 12.8. The lowest BCUT2D eigenvalue weighted by Crippen LogP contribution is -2.17. The summed E-state index contributed by atoms with van der Waals surface area (Å²) in [7, 11) is 2.10. The van der Waals surface area contributed by atoms with Crippen molar-refractivity contribution in [2.24, 2.45) is 0 Å². The monoisotopic (exact) mass is 300 g/mol. The summed E-state index contributed by atoms with van der Waals surface area (Å²) < 4.78 is 5.72. The lowest BCUT2D eigenvalue weighted by atomic mass is 10.2. The highest BCUT2D eigenvalue weighted by Gasteiger charge is 2.07. The van der Waals surface area contributed by atoms with Gasteiger partial charge in [0.25, 0.3) is 0 Å². The number of hydrogen-bond acceptors (Lipinski definition) is 6. The Hall–Kier alpha value is -2.12. The summed E-state index contributed by atoms with van der Waals surface area (Å²) >= 11 is 1.47. The maximum absolute atomic E-state index is 4.12. The topological polar surface area (TPSA) is 59.7 Å². The van der Waals surface area contributed by atoms with E-state index >= 15 is 0 Å². The van der Waals surface area contributed by atoms with Crippen molar-refractivity contribution in [3.63, 3.8) is 0 Å². The zero-order valence-electron chi connectivity index (χ0n) is 12.0. The van der Waals surface area contributed by atoms with Gasteiger partial charge in [-0.25, -0.2) is 9.67 Å². The van der Waals surface area contributed by atoms with Gasteiger partial charge >= 0.3 is 0 Å². The van der Waals surface area contributed by atoms with Crippen molar-refractivity contribution < 1.29 is 0 Å². The van der Waals surface area contributed by atoms with Gasteiger partial charge in [0.2, 0.25) is 0 Å². The fraction of sp³-hybridized carbons (Fsp3) is 0.286. The number of nitrogens with zero attached hydrogens (tertiary/aromatic N) is 6. The second-order valence-corrected chi connectivity index (χ2v) is 5.80. The molecule has 0 bridgehead atoms. The Kier molecular flexibility index (Phi) is 4.03. The molecule has 21 heavy (non-hydrogen) atoms. The van der Waals surface area contributed by atoms with Crippen molar-refractivity contribution in [3.8, 4) is 5.69 Å². The average Bonchev–Trinajstić information content (AvgIpc) is 3.12. The van der Waals surface area contributed by atoms with E-state index in [1.165, 1.54) is 28.3 Å².